The minimum atomic E-state index is -0.552. The minimum absolute atomic E-state index is 0.235. The molecule has 4 saturated carbocycles. The molecule has 0 aromatic carbocycles. The van der Waals surface area contributed by atoms with Gasteiger partial charge in [0.15, 0.2) is 0 Å². The quantitative estimate of drug-likeness (QED) is 0.689. The van der Waals surface area contributed by atoms with E-state index >= 15 is 0 Å². The molecular weight excluding hydrogens is 272 g/mol. The molecule has 2 nitrogen and oxygen atoms in total. The molecule has 0 heterocycles. The van der Waals surface area contributed by atoms with Gasteiger partial charge < -0.3 is 5.11 Å². The van der Waals surface area contributed by atoms with Crippen LogP contribution in [-0.2, 0) is 4.79 Å². The number of rotatable bonds is 1. The summed E-state index contributed by atoms with van der Waals surface area (Å²) in [4.78, 5) is 12.0. The summed E-state index contributed by atoms with van der Waals surface area (Å²) in [5, 5.41) is 9.90. The second-order valence-electron chi connectivity index (χ2n) is 9.40. The van der Waals surface area contributed by atoms with Gasteiger partial charge in [-0.05, 0) is 86.9 Å². The van der Waals surface area contributed by atoms with Crippen molar-refractivity contribution in [2.24, 2.45) is 34.0 Å². The highest BCUT2D eigenvalue weighted by atomic mass is 16.4. The normalized spacial score (nSPS) is 53.7. The summed E-state index contributed by atoms with van der Waals surface area (Å²) in [6, 6.07) is 0. The molecule has 22 heavy (non-hydrogen) atoms. The Morgan fingerprint density at radius 1 is 1.14 bits per heavy atom. The highest BCUT2D eigenvalue weighted by molar-refractivity contribution is 5.75. The van der Waals surface area contributed by atoms with Crippen molar-refractivity contribution in [1.82, 2.24) is 0 Å². The zero-order chi connectivity index (χ0) is 15.8. The molecule has 2 bridgehead atoms. The zero-order valence-electron chi connectivity index (χ0n) is 14.2. The van der Waals surface area contributed by atoms with Crippen molar-refractivity contribution in [3.05, 3.63) is 12.2 Å². The van der Waals surface area contributed by atoms with Gasteiger partial charge in [0.2, 0.25) is 0 Å². The molecule has 4 rings (SSSR count). The van der Waals surface area contributed by atoms with Crippen LogP contribution in [0.1, 0.15) is 71.6 Å². The first-order valence-electron chi connectivity index (χ1n) is 9.23. The van der Waals surface area contributed by atoms with Gasteiger partial charge in [0.05, 0.1) is 5.41 Å². The Bertz CT molecular complexity index is 538. The third-order valence-electron chi connectivity index (χ3n) is 8.54. The number of hydrogen-bond acceptors (Lipinski definition) is 1. The number of fused-ring (bicyclic) bond motifs is 3. The van der Waals surface area contributed by atoms with E-state index in [-0.39, 0.29) is 5.41 Å². The van der Waals surface area contributed by atoms with Crippen LogP contribution in [0.3, 0.4) is 0 Å². The van der Waals surface area contributed by atoms with Gasteiger partial charge >= 0.3 is 5.97 Å². The predicted octanol–water partition coefficient (Wildman–Crippen LogP) is 5.04. The fraction of sp³-hybridized carbons (Fsp3) is 0.850. The van der Waals surface area contributed by atoms with Crippen LogP contribution >= 0.6 is 0 Å². The molecule has 4 aliphatic rings. The average Bonchev–Trinajstić information content (AvgIpc) is 2.68. The Morgan fingerprint density at radius 2 is 1.91 bits per heavy atom. The second kappa shape index (κ2) is 4.39. The molecule has 1 unspecified atom stereocenters. The first kappa shape index (κ1) is 14.8. The van der Waals surface area contributed by atoms with Crippen molar-refractivity contribution in [1.29, 1.82) is 0 Å². The summed E-state index contributed by atoms with van der Waals surface area (Å²) in [6.45, 7) is 8.86. The fourth-order valence-electron chi connectivity index (χ4n) is 7.61. The topological polar surface area (TPSA) is 37.3 Å². The molecule has 0 radical (unpaired) electrons. The van der Waals surface area contributed by atoms with Crippen LogP contribution in [0.25, 0.3) is 0 Å². The van der Waals surface area contributed by atoms with Crippen molar-refractivity contribution in [2.45, 2.75) is 71.6 Å². The van der Waals surface area contributed by atoms with E-state index < -0.39 is 11.4 Å². The first-order chi connectivity index (χ1) is 10.3. The SMILES string of the molecule is C=C1C[C@@]23CC[C@@H]4[C@@](C)(CCC[C@@]4(C)C(=O)O)[C@@H]2CCC1C3. The lowest BCUT2D eigenvalue weighted by molar-refractivity contribution is -0.181. The van der Waals surface area contributed by atoms with Crippen molar-refractivity contribution >= 4 is 5.97 Å². The predicted molar refractivity (Wildman–Crippen MR) is 87.4 cm³/mol. The van der Waals surface area contributed by atoms with E-state index in [1.54, 1.807) is 0 Å². The molecule has 122 valence electrons. The molecule has 4 aliphatic carbocycles. The van der Waals surface area contributed by atoms with E-state index in [9.17, 15) is 9.90 Å². The number of aliphatic carboxylic acids is 1. The van der Waals surface area contributed by atoms with Crippen LogP contribution < -0.4 is 0 Å². The van der Waals surface area contributed by atoms with Gasteiger partial charge in [-0.2, -0.15) is 0 Å². The van der Waals surface area contributed by atoms with Gasteiger partial charge in [-0.15, -0.1) is 0 Å². The maximum absolute atomic E-state index is 12.0. The molecule has 0 aromatic rings. The summed E-state index contributed by atoms with van der Waals surface area (Å²) in [5.74, 6) is 1.32. The van der Waals surface area contributed by atoms with Crippen LogP contribution in [0.2, 0.25) is 0 Å². The summed E-state index contributed by atoms with van der Waals surface area (Å²) in [6.07, 6.45) is 10.8. The lowest BCUT2D eigenvalue weighted by atomic mass is 9.41. The van der Waals surface area contributed by atoms with E-state index in [0.717, 1.165) is 31.1 Å². The monoisotopic (exact) mass is 302 g/mol. The van der Waals surface area contributed by atoms with Gasteiger partial charge in [0.25, 0.3) is 0 Å². The van der Waals surface area contributed by atoms with Crippen molar-refractivity contribution < 1.29 is 9.90 Å². The van der Waals surface area contributed by atoms with Gasteiger partial charge in [-0.1, -0.05) is 25.5 Å². The number of carboxylic acids is 1. The maximum Gasteiger partial charge on any atom is 0.309 e. The van der Waals surface area contributed by atoms with Crippen molar-refractivity contribution in [3.8, 4) is 0 Å². The highest BCUT2D eigenvalue weighted by Gasteiger charge is 2.64. The zero-order valence-corrected chi connectivity index (χ0v) is 14.2. The summed E-state index contributed by atoms with van der Waals surface area (Å²) < 4.78 is 0. The van der Waals surface area contributed by atoms with Gasteiger partial charge in [0, 0.05) is 0 Å². The summed E-state index contributed by atoms with van der Waals surface area (Å²) >= 11 is 0. The van der Waals surface area contributed by atoms with Crippen LogP contribution in [0.4, 0.5) is 0 Å². The van der Waals surface area contributed by atoms with Crippen LogP contribution in [-0.4, -0.2) is 11.1 Å². The lowest BCUT2D eigenvalue weighted by Gasteiger charge is -2.63. The molecule has 6 atom stereocenters. The Balaban J connectivity index is 1.75. The van der Waals surface area contributed by atoms with Gasteiger partial charge in [0.1, 0.15) is 0 Å². The molecule has 0 amide bonds. The Kier molecular flexibility index (Phi) is 2.95. The van der Waals surface area contributed by atoms with Crippen LogP contribution in [0, 0.1) is 34.0 Å². The van der Waals surface area contributed by atoms with Gasteiger partial charge in [-0.25, -0.2) is 0 Å². The molecule has 1 N–H and O–H groups in total. The molecular formula is C20H30O2. The number of hydrogen-bond donors (Lipinski definition) is 1. The first-order valence-corrected chi connectivity index (χ1v) is 9.23. The standard InChI is InChI=1S/C20H30O2/c1-13-11-20-10-7-15-18(2,16(20)6-5-14(13)12-20)8-4-9-19(15,3)17(21)22/h14-16H,1,4-12H2,2-3H3,(H,21,22)/t14?,15-,16+,18-,19-,20-/m1/s1. The molecule has 0 aromatic heterocycles. The lowest BCUT2D eigenvalue weighted by Crippen LogP contribution is -2.58. The molecule has 0 saturated heterocycles. The van der Waals surface area contributed by atoms with Crippen molar-refractivity contribution in [2.75, 3.05) is 0 Å². The number of allylic oxidation sites excluding steroid dienone is 1. The Morgan fingerprint density at radius 3 is 2.64 bits per heavy atom. The van der Waals surface area contributed by atoms with E-state index in [0.29, 0.717) is 11.3 Å². The van der Waals surface area contributed by atoms with E-state index in [1.165, 1.54) is 44.1 Å². The maximum atomic E-state index is 12.0. The van der Waals surface area contributed by atoms with Crippen LogP contribution in [0.15, 0.2) is 12.2 Å². The number of carboxylic acid groups (broad SMARTS) is 1. The summed E-state index contributed by atoms with van der Waals surface area (Å²) in [7, 11) is 0. The molecule has 1 spiro atoms. The fourth-order valence-corrected chi connectivity index (χ4v) is 7.61. The molecule has 4 fully saturated rings. The molecule has 0 aliphatic heterocycles. The minimum Gasteiger partial charge on any atom is -0.481 e. The third-order valence-corrected chi connectivity index (χ3v) is 8.54. The van der Waals surface area contributed by atoms with E-state index in [1.807, 2.05) is 6.92 Å². The highest BCUT2D eigenvalue weighted by Crippen LogP contribution is 2.72. The smallest absolute Gasteiger partial charge is 0.309 e. The number of carbonyl (C=O) groups is 1. The Hall–Kier alpha value is -0.790. The second-order valence-corrected chi connectivity index (χ2v) is 9.40. The van der Waals surface area contributed by atoms with Crippen LogP contribution in [0.5, 0.6) is 0 Å². The Labute approximate surface area is 134 Å². The van der Waals surface area contributed by atoms with E-state index in [4.69, 9.17) is 0 Å². The average molecular weight is 302 g/mol. The summed E-state index contributed by atoms with van der Waals surface area (Å²) in [5.41, 5.74) is 1.71. The molecule has 2 heteroatoms. The largest absolute Gasteiger partial charge is 0.481 e. The third kappa shape index (κ3) is 1.65. The van der Waals surface area contributed by atoms with E-state index in [2.05, 4.69) is 13.5 Å². The van der Waals surface area contributed by atoms with Crippen molar-refractivity contribution in [3.63, 3.8) is 0 Å². The van der Waals surface area contributed by atoms with Gasteiger partial charge in [-0.3, -0.25) is 4.79 Å².